The van der Waals surface area contributed by atoms with Gasteiger partial charge in [-0.25, -0.2) is 4.79 Å². The van der Waals surface area contributed by atoms with Crippen molar-refractivity contribution in [2.45, 2.75) is 89.9 Å². The van der Waals surface area contributed by atoms with Gasteiger partial charge in [0.25, 0.3) is 0 Å². The van der Waals surface area contributed by atoms with Gasteiger partial charge >= 0.3 is 5.97 Å². The number of aliphatic hydroxyl groups is 2. The minimum absolute atomic E-state index is 0.00356. The molecule has 3 saturated carbocycles. The van der Waals surface area contributed by atoms with Crippen LogP contribution in [-0.4, -0.2) is 34.5 Å². The first-order chi connectivity index (χ1) is 14.7. The first-order valence-corrected chi connectivity index (χ1v) is 12.0. The lowest BCUT2D eigenvalue weighted by molar-refractivity contribution is -0.139. The van der Waals surface area contributed by atoms with E-state index in [-0.39, 0.29) is 17.5 Å². The highest BCUT2D eigenvalue weighted by Gasteiger charge is 2.51. The third-order valence-corrected chi connectivity index (χ3v) is 8.66. The molecule has 0 aromatic rings. The molecular formula is C27H38O4. The second kappa shape index (κ2) is 8.71. The Morgan fingerprint density at radius 1 is 1.23 bits per heavy atom. The summed E-state index contributed by atoms with van der Waals surface area (Å²) < 4.78 is 5.52. The van der Waals surface area contributed by atoms with Crippen LogP contribution in [0.25, 0.3) is 0 Å². The van der Waals surface area contributed by atoms with Crippen molar-refractivity contribution in [3.8, 4) is 0 Å². The van der Waals surface area contributed by atoms with Crippen LogP contribution in [0.2, 0.25) is 0 Å². The zero-order valence-corrected chi connectivity index (χ0v) is 19.1. The fourth-order valence-corrected chi connectivity index (χ4v) is 7.02. The van der Waals surface area contributed by atoms with Crippen molar-refractivity contribution < 1.29 is 19.7 Å². The van der Waals surface area contributed by atoms with Crippen LogP contribution in [0.1, 0.15) is 71.6 Å². The summed E-state index contributed by atoms with van der Waals surface area (Å²) in [6, 6.07) is 0. The molecule has 0 aromatic heterocycles. The number of carbonyl (C=O) groups excluding carboxylic acids is 1. The lowest BCUT2D eigenvalue weighted by atomic mass is 9.60. The standard InChI is InChI=1S/C27H38O4/c1-16(12-22-13-17(2)26(30)31-22)23-9-10-24-19(6-5-11-27(23,24)4)7-8-20-14-21(28)15-25(29)18(20)3/h7-8,16,21-25,28-29H,2-3,5-6,9-15H2,1,4H3/b19-7+,20-8-/t16-,21-,22?,23-,24+,25+,27-/m1/s1. The molecule has 0 radical (unpaired) electrons. The lowest BCUT2D eigenvalue weighted by Crippen LogP contribution is -2.36. The Kier molecular flexibility index (Phi) is 6.33. The summed E-state index contributed by atoms with van der Waals surface area (Å²) in [6.45, 7) is 12.7. The normalized spacial score (nSPS) is 42.2. The molecule has 4 heteroatoms. The molecule has 3 aliphatic carbocycles. The second-order valence-electron chi connectivity index (χ2n) is 10.7. The van der Waals surface area contributed by atoms with Gasteiger partial charge in [-0.1, -0.05) is 44.7 Å². The van der Waals surface area contributed by atoms with E-state index in [0.717, 1.165) is 24.0 Å². The molecule has 0 bridgehead atoms. The van der Waals surface area contributed by atoms with Crippen LogP contribution < -0.4 is 0 Å². The van der Waals surface area contributed by atoms with Gasteiger partial charge in [-0.05, 0) is 79.3 Å². The highest BCUT2D eigenvalue weighted by molar-refractivity contribution is 5.89. The molecule has 0 aromatic carbocycles. The molecule has 1 heterocycles. The lowest BCUT2D eigenvalue weighted by Gasteiger charge is -2.44. The molecular weight excluding hydrogens is 388 g/mol. The maximum atomic E-state index is 11.7. The minimum Gasteiger partial charge on any atom is -0.459 e. The molecule has 170 valence electrons. The predicted molar refractivity (Wildman–Crippen MR) is 122 cm³/mol. The first kappa shape index (κ1) is 22.5. The van der Waals surface area contributed by atoms with Gasteiger partial charge in [0.05, 0.1) is 12.2 Å². The van der Waals surface area contributed by atoms with E-state index in [1.807, 2.05) is 0 Å². The highest BCUT2D eigenvalue weighted by atomic mass is 16.5. The number of fused-ring (bicyclic) bond motifs is 1. The summed E-state index contributed by atoms with van der Waals surface area (Å²) >= 11 is 0. The van der Waals surface area contributed by atoms with E-state index in [1.54, 1.807) is 0 Å². The molecule has 1 unspecified atom stereocenters. The summed E-state index contributed by atoms with van der Waals surface area (Å²) in [6.07, 6.45) is 11.8. The van der Waals surface area contributed by atoms with Crippen molar-refractivity contribution in [1.29, 1.82) is 0 Å². The number of allylic oxidation sites excluding steroid dienone is 3. The fourth-order valence-electron chi connectivity index (χ4n) is 7.02. The number of cyclic esters (lactones) is 1. The Balaban J connectivity index is 1.48. The van der Waals surface area contributed by atoms with Gasteiger partial charge in [-0.15, -0.1) is 0 Å². The monoisotopic (exact) mass is 426 g/mol. The topological polar surface area (TPSA) is 66.8 Å². The number of aliphatic hydroxyl groups excluding tert-OH is 2. The van der Waals surface area contributed by atoms with Crippen LogP contribution in [-0.2, 0) is 9.53 Å². The predicted octanol–water partition coefficient (Wildman–Crippen LogP) is 5.03. The molecule has 4 rings (SSSR count). The molecule has 4 fully saturated rings. The SMILES string of the molecule is C=C1CC(C[C@@H](C)[C@H]2CC[C@H]3/C(=C/C=C4/C[C@@H](O)C[C@H](O)C4=C)CCC[C@]23C)OC1=O. The summed E-state index contributed by atoms with van der Waals surface area (Å²) in [5.41, 5.74) is 4.15. The van der Waals surface area contributed by atoms with Gasteiger partial charge in [0, 0.05) is 18.4 Å². The van der Waals surface area contributed by atoms with Crippen molar-refractivity contribution in [1.82, 2.24) is 0 Å². The van der Waals surface area contributed by atoms with Crippen LogP contribution >= 0.6 is 0 Å². The van der Waals surface area contributed by atoms with Gasteiger partial charge < -0.3 is 14.9 Å². The van der Waals surface area contributed by atoms with Gasteiger partial charge in [-0.3, -0.25) is 0 Å². The maximum absolute atomic E-state index is 11.7. The average molecular weight is 427 g/mol. The Morgan fingerprint density at radius 2 is 2.00 bits per heavy atom. The molecule has 1 aliphatic heterocycles. The van der Waals surface area contributed by atoms with Crippen molar-refractivity contribution in [2.24, 2.45) is 23.2 Å². The zero-order chi connectivity index (χ0) is 22.3. The summed E-state index contributed by atoms with van der Waals surface area (Å²) in [4.78, 5) is 11.7. The smallest absolute Gasteiger partial charge is 0.333 e. The van der Waals surface area contributed by atoms with E-state index in [2.05, 4.69) is 39.2 Å². The maximum Gasteiger partial charge on any atom is 0.333 e. The van der Waals surface area contributed by atoms with E-state index < -0.39 is 12.2 Å². The summed E-state index contributed by atoms with van der Waals surface area (Å²) in [7, 11) is 0. The third kappa shape index (κ3) is 4.34. The molecule has 0 amide bonds. The van der Waals surface area contributed by atoms with Crippen molar-refractivity contribution in [3.05, 3.63) is 47.6 Å². The number of hydrogen-bond donors (Lipinski definition) is 2. The van der Waals surface area contributed by atoms with E-state index in [4.69, 9.17) is 4.74 Å². The highest BCUT2D eigenvalue weighted by Crippen LogP contribution is 2.60. The van der Waals surface area contributed by atoms with E-state index in [9.17, 15) is 15.0 Å². The zero-order valence-electron chi connectivity index (χ0n) is 19.1. The number of ether oxygens (including phenoxy) is 1. The quantitative estimate of drug-likeness (QED) is 0.489. The summed E-state index contributed by atoms with van der Waals surface area (Å²) in [5, 5.41) is 20.2. The van der Waals surface area contributed by atoms with Crippen LogP contribution in [0.4, 0.5) is 0 Å². The first-order valence-electron chi connectivity index (χ1n) is 12.0. The summed E-state index contributed by atoms with van der Waals surface area (Å²) in [5.74, 6) is 1.51. The van der Waals surface area contributed by atoms with E-state index >= 15 is 0 Å². The molecule has 7 atom stereocenters. The largest absolute Gasteiger partial charge is 0.459 e. The minimum atomic E-state index is -0.637. The number of rotatable bonds is 4. The fraction of sp³-hybridized carbons (Fsp3) is 0.667. The number of esters is 1. The molecule has 4 nitrogen and oxygen atoms in total. The second-order valence-corrected chi connectivity index (χ2v) is 10.7. The molecule has 2 N–H and O–H groups in total. The van der Waals surface area contributed by atoms with Crippen molar-refractivity contribution in [3.63, 3.8) is 0 Å². The molecule has 4 aliphatic rings. The Hall–Kier alpha value is -1.65. The van der Waals surface area contributed by atoms with Gasteiger partial charge in [0.15, 0.2) is 0 Å². The Labute approximate surface area is 186 Å². The van der Waals surface area contributed by atoms with Crippen LogP contribution in [0.5, 0.6) is 0 Å². The van der Waals surface area contributed by atoms with Gasteiger partial charge in [0.1, 0.15) is 6.10 Å². The molecule has 1 saturated heterocycles. The number of hydrogen-bond acceptors (Lipinski definition) is 4. The molecule has 0 spiro atoms. The van der Waals surface area contributed by atoms with Crippen molar-refractivity contribution in [2.75, 3.05) is 0 Å². The van der Waals surface area contributed by atoms with E-state index in [1.165, 1.54) is 31.3 Å². The van der Waals surface area contributed by atoms with Crippen LogP contribution in [0, 0.1) is 23.2 Å². The van der Waals surface area contributed by atoms with E-state index in [0.29, 0.717) is 42.6 Å². The molecule has 31 heavy (non-hydrogen) atoms. The van der Waals surface area contributed by atoms with Crippen LogP contribution in [0.15, 0.2) is 47.6 Å². The Bertz CT molecular complexity index is 805. The van der Waals surface area contributed by atoms with Gasteiger partial charge in [-0.2, -0.15) is 0 Å². The van der Waals surface area contributed by atoms with Crippen LogP contribution in [0.3, 0.4) is 0 Å². The number of carbonyl (C=O) groups is 1. The van der Waals surface area contributed by atoms with Crippen molar-refractivity contribution >= 4 is 5.97 Å². The van der Waals surface area contributed by atoms with Gasteiger partial charge in [0.2, 0.25) is 0 Å². The Morgan fingerprint density at radius 3 is 2.71 bits per heavy atom. The average Bonchev–Trinajstić information content (AvgIpc) is 3.22. The third-order valence-electron chi connectivity index (χ3n) is 8.66.